The van der Waals surface area contributed by atoms with Crippen LogP contribution in [0.3, 0.4) is 0 Å². The number of ether oxygens (including phenoxy) is 1. The van der Waals surface area contributed by atoms with Crippen LogP contribution in [0.25, 0.3) is 0 Å². The summed E-state index contributed by atoms with van der Waals surface area (Å²) in [4.78, 5) is 18.0. The first-order valence-corrected chi connectivity index (χ1v) is 8.98. The van der Waals surface area contributed by atoms with E-state index in [-0.39, 0.29) is 30.2 Å². The Morgan fingerprint density at radius 2 is 1.79 bits per heavy atom. The average molecular weight is 382 g/mol. The molecule has 0 aromatic rings. The van der Waals surface area contributed by atoms with Crippen LogP contribution in [0.5, 0.6) is 0 Å². The van der Waals surface area contributed by atoms with E-state index in [9.17, 15) is 4.79 Å². The Morgan fingerprint density at radius 3 is 2.42 bits per heavy atom. The summed E-state index contributed by atoms with van der Waals surface area (Å²) in [7, 11) is 1.72. The van der Waals surface area contributed by atoms with E-state index in [0.717, 1.165) is 45.4 Å². The number of methoxy groups -OCH3 is 1. The predicted molar refractivity (Wildman–Crippen MR) is 101 cm³/mol. The van der Waals surface area contributed by atoms with Crippen molar-refractivity contribution in [3.63, 3.8) is 0 Å². The molecule has 1 amide bonds. The molecule has 24 heavy (non-hydrogen) atoms. The number of likely N-dealkylation sites (tertiary alicyclic amines) is 2. The van der Waals surface area contributed by atoms with Crippen LogP contribution < -0.4 is 5.32 Å². The largest absolute Gasteiger partial charge is 0.384 e. The molecule has 0 spiro atoms. The summed E-state index contributed by atoms with van der Waals surface area (Å²) < 4.78 is 5.44. The number of carbonyl (C=O) groups excluding carboxylic acids is 1. The maximum absolute atomic E-state index is 13.2. The third kappa shape index (κ3) is 4.76. The monoisotopic (exact) mass is 381 g/mol. The van der Waals surface area contributed by atoms with Gasteiger partial charge in [0.15, 0.2) is 0 Å². The summed E-state index contributed by atoms with van der Waals surface area (Å²) in [6.07, 6.45) is 6.86. The lowest BCUT2D eigenvalue weighted by Crippen LogP contribution is -2.56. The minimum absolute atomic E-state index is 0. The highest BCUT2D eigenvalue weighted by Gasteiger charge is 2.43. The molecule has 0 aliphatic carbocycles. The van der Waals surface area contributed by atoms with Gasteiger partial charge in [-0.3, -0.25) is 9.69 Å². The van der Waals surface area contributed by atoms with Crippen molar-refractivity contribution in [2.75, 3.05) is 53.0 Å². The fraction of sp³-hybridized carbons (Fsp3) is 0.941. The molecule has 0 radical (unpaired) electrons. The Labute approximate surface area is 158 Å². The summed E-state index contributed by atoms with van der Waals surface area (Å²) in [5.41, 5.74) is -0.285. The van der Waals surface area contributed by atoms with Gasteiger partial charge in [-0.25, -0.2) is 0 Å². The Hall–Kier alpha value is -0.0700. The molecule has 0 aromatic heterocycles. The molecule has 1 unspecified atom stereocenters. The van der Waals surface area contributed by atoms with Crippen LogP contribution in [0.1, 0.15) is 38.5 Å². The lowest BCUT2D eigenvalue weighted by atomic mass is 9.78. The number of carbonyl (C=O) groups is 1. The lowest BCUT2D eigenvalue weighted by molar-refractivity contribution is -0.149. The van der Waals surface area contributed by atoms with E-state index in [1.807, 2.05) is 0 Å². The number of piperidine rings is 2. The second-order valence-corrected chi connectivity index (χ2v) is 7.25. The first-order valence-electron chi connectivity index (χ1n) is 8.98. The van der Waals surface area contributed by atoms with E-state index in [1.165, 1.54) is 32.4 Å². The third-order valence-corrected chi connectivity index (χ3v) is 5.78. The topological polar surface area (TPSA) is 44.8 Å². The van der Waals surface area contributed by atoms with Crippen molar-refractivity contribution >= 4 is 30.7 Å². The van der Waals surface area contributed by atoms with Gasteiger partial charge in [-0.15, -0.1) is 24.8 Å². The van der Waals surface area contributed by atoms with E-state index < -0.39 is 0 Å². The molecule has 3 heterocycles. The summed E-state index contributed by atoms with van der Waals surface area (Å²) >= 11 is 0. The molecule has 0 bridgehead atoms. The molecule has 3 aliphatic heterocycles. The van der Waals surface area contributed by atoms with Gasteiger partial charge in [0, 0.05) is 26.2 Å². The summed E-state index contributed by atoms with van der Waals surface area (Å²) in [5, 5.41) is 3.37. The molecule has 7 heteroatoms. The summed E-state index contributed by atoms with van der Waals surface area (Å²) in [5.74, 6) is 0.347. The molecule has 3 saturated heterocycles. The molecule has 142 valence electrons. The second-order valence-electron chi connectivity index (χ2n) is 7.25. The molecule has 1 atom stereocenters. The first kappa shape index (κ1) is 22.0. The molecular weight excluding hydrogens is 349 g/mol. The van der Waals surface area contributed by atoms with Gasteiger partial charge in [0.25, 0.3) is 0 Å². The van der Waals surface area contributed by atoms with Crippen molar-refractivity contribution in [3.05, 3.63) is 0 Å². The van der Waals surface area contributed by atoms with Crippen LogP contribution in [-0.4, -0.2) is 74.7 Å². The zero-order valence-corrected chi connectivity index (χ0v) is 16.4. The maximum atomic E-state index is 13.2. The lowest BCUT2D eigenvalue weighted by Gasteiger charge is -2.44. The van der Waals surface area contributed by atoms with Crippen molar-refractivity contribution in [3.8, 4) is 0 Å². The fourth-order valence-electron chi connectivity index (χ4n) is 4.48. The standard InChI is InChI=1S/C17H31N3O2.2ClH/c1-22-14-17(6-8-18-9-7-17)16(21)20-12-4-5-15(13-20)19-10-2-3-11-19;;/h15,18H,2-14H2,1H3;2*1H. The van der Waals surface area contributed by atoms with Crippen LogP contribution in [0.4, 0.5) is 0 Å². The van der Waals surface area contributed by atoms with E-state index in [1.54, 1.807) is 7.11 Å². The van der Waals surface area contributed by atoms with E-state index >= 15 is 0 Å². The smallest absolute Gasteiger partial charge is 0.231 e. The average Bonchev–Trinajstić information content (AvgIpc) is 3.10. The van der Waals surface area contributed by atoms with Crippen molar-refractivity contribution in [1.29, 1.82) is 0 Å². The summed E-state index contributed by atoms with van der Waals surface area (Å²) in [6, 6.07) is 0.585. The van der Waals surface area contributed by atoms with Crippen molar-refractivity contribution in [2.24, 2.45) is 5.41 Å². The van der Waals surface area contributed by atoms with Gasteiger partial charge in [0.2, 0.25) is 5.91 Å². The van der Waals surface area contributed by atoms with Gasteiger partial charge in [-0.05, 0) is 64.7 Å². The van der Waals surface area contributed by atoms with Crippen molar-refractivity contribution in [1.82, 2.24) is 15.1 Å². The highest BCUT2D eigenvalue weighted by Crippen LogP contribution is 2.33. The van der Waals surface area contributed by atoms with Crippen molar-refractivity contribution < 1.29 is 9.53 Å². The zero-order valence-electron chi connectivity index (χ0n) is 14.8. The minimum Gasteiger partial charge on any atom is -0.384 e. The molecule has 3 fully saturated rings. The Bertz CT molecular complexity index is 381. The van der Waals surface area contributed by atoms with Gasteiger partial charge < -0.3 is 15.0 Å². The number of amides is 1. The molecule has 3 aliphatic rings. The fourth-order valence-corrected chi connectivity index (χ4v) is 4.48. The predicted octanol–water partition coefficient (Wildman–Crippen LogP) is 1.93. The van der Waals surface area contributed by atoms with E-state index in [0.29, 0.717) is 18.6 Å². The van der Waals surface area contributed by atoms with Crippen LogP contribution in [-0.2, 0) is 9.53 Å². The number of hydrogen-bond acceptors (Lipinski definition) is 4. The normalized spacial score (nSPS) is 27.2. The first-order chi connectivity index (χ1) is 10.7. The molecular formula is C17H33Cl2N3O2. The van der Waals surface area contributed by atoms with Crippen molar-refractivity contribution in [2.45, 2.75) is 44.6 Å². The molecule has 5 nitrogen and oxygen atoms in total. The number of halogens is 2. The Balaban J connectivity index is 0.00000144. The molecule has 3 rings (SSSR count). The number of nitrogens with zero attached hydrogens (tertiary/aromatic N) is 2. The van der Waals surface area contributed by atoms with Crippen LogP contribution in [0.2, 0.25) is 0 Å². The van der Waals surface area contributed by atoms with Gasteiger partial charge in [-0.2, -0.15) is 0 Å². The van der Waals surface area contributed by atoms with E-state index in [2.05, 4.69) is 15.1 Å². The van der Waals surface area contributed by atoms with Gasteiger partial charge in [0.05, 0.1) is 12.0 Å². The SMILES string of the molecule is COCC1(C(=O)N2CCCC(N3CCCC3)C2)CCNCC1.Cl.Cl. The zero-order chi connectivity index (χ0) is 15.4. The number of hydrogen-bond donors (Lipinski definition) is 1. The number of rotatable bonds is 4. The third-order valence-electron chi connectivity index (χ3n) is 5.78. The van der Waals surface area contributed by atoms with Gasteiger partial charge in [0.1, 0.15) is 0 Å². The maximum Gasteiger partial charge on any atom is 0.231 e. The summed E-state index contributed by atoms with van der Waals surface area (Å²) in [6.45, 7) is 6.73. The van der Waals surface area contributed by atoms with Crippen LogP contribution in [0.15, 0.2) is 0 Å². The van der Waals surface area contributed by atoms with Crippen LogP contribution >= 0.6 is 24.8 Å². The number of nitrogens with one attached hydrogen (secondary N) is 1. The highest BCUT2D eigenvalue weighted by molar-refractivity contribution is 5.85. The minimum atomic E-state index is -0.285. The Morgan fingerprint density at radius 1 is 1.12 bits per heavy atom. The molecule has 1 N–H and O–H groups in total. The molecule has 0 saturated carbocycles. The quantitative estimate of drug-likeness (QED) is 0.807. The van der Waals surface area contributed by atoms with Crippen LogP contribution in [0, 0.1) is 5.41 Å². The second kappa shape index (κ2) is 10.2. The Kier molecular flexibility index (Phi) is 9.31. The van der Waals surface area contributed by atoms with Gasteiger partial charge in [-0.1, -0.05) is 0 Å². The molecule has 0 aromatic carbocycles. The highest BCUT2D eigenvalue weighted by atomic mass is 35.5. The van der Waals surface area contributed by atoms with E-state index in [4.69, 9.17) is 4.74 Å². The van der Waals surface area contributed by atoms with Gasteiger partial charge >= 0.3 is 0 Å².